The second kappa shape index (κ2) is 7.32. The Kier molecular flexibility index (Phi) is 4.76. The summed E-state index contributed by atoms with van der Waals surface area (Å²) in [5.74, 6) is 3.27. The first-order valence-corrected chi connectivity index (χ1v) is 7.50. The maximum absolute atomic E-state index is 5.80. The fourth-order valence-corrected chi connectivity index (χ4v) is 2.11. The zero-order valence-corrected chi connectivity index (χ0v) is 13.5. The van der Waals surface area contributed by atoms with Crippen molar-refractivity contribution in [3.05, 3.63) is 71.8 Å². The van der Waals surface area contributed by atoms with Gasteiger partial charge in [-0.3, -0.25) is 0 Å². The van der Waals surface area contributed by atoms with Crippen LogP contribution in [0.2, 0.25) is 0 Å². The molecule has 0 spiro atoms. The van der Waals surface area contributed by atoms with Crippen LogP contribution in [0.5, 0.6) is 11.5 Å². The Morgan fingerprint density at radius 1 is 0.875 bits per heavy atom. The Bertz CT molecular complexity index is 829. The molecule has 1 heterocycles. The van der Waals surface area contributed by atoms with Gasteiger partial charge in [-0.1, -0.05) is 30.3 Å². The molecule has 1 aromatic heterocycles. The van der Waals surface area contributed by atoms with E-state index in [0.29, 0.717) is 17.6 Å². The van der Waals surface area contributed by atoms with Crippen LogP contribution >= 0.6 is 0 Å². The Balaban J connectivity index is 1.68. The molecule has 2 aromatic carbocycles. The van der Waals surface area contributed by atoms with Gasteiger partial charge in [-0.15, -0.1) is 0 Å². The van der Waals surface area contributed by atoms with Crippen molar-refractivity contribution in [3.63, 3.8) is 0 Å². The number of nitrogens with zero attached hydrogens (tertiary/aromatic N) is 4. The van der Waals surface area contributed by atoms with Crippen LogP contribution in [0.3, 0.4) is 0 Å². The van der Waals surface area contributed by atoms with E-state index in [2.05, 4.69) is 25.5 Å². The van der Waals surface area contributed by atoms with Crippen molar-refractivity contribution >= 4 is 12.2 Å². The molecule has 0 saturated carbocycles. The van der Waals surface area contributed by atoms with E-state index in [4.69, 9.17) is 4.74 Å². The number of para-hydroxylation sites is 1. The molecule has 0 bridgehead atoms. The Hall–Kier alpha value is -3.28. The van der Waals surface area contributed by atoms with Crippen LogP contribution in [0.4, 0.5) is 5.95 Å². The molecule has 0 aliphatic heterocycles. The van der Waals surface area contributed by atoms with Crippen LogP contribution in [0.15, 0.2) is 59.7 Å². The maximum atomic E-state index is 5.80. The lowest BCUT2D eigenvalue weighted by atomic mass is 10.2. The lowest BCUT2D eigenvalue weighted by Gasteiger charge is -2.05. The van der Waals surface area contributed by atoms with E-state index in [-0.39, 0.29) is 0 Å². The molecule has 0 atom stereocenters. The van der Waals surface area contributed by atoms with Crippen molar-refractivity contribution < 1.29 is 4.74 Å². The molecular weight excluding hydrogens is 302 g/mol. The number of anilines is 1. The zero-order valence-electron chi connectivity index (χ0n) is 13.5. The highest BCUT2D eigenvalue weighted by Gasteiger charge is 1.99. The monoisotopic (exact) mass is 319 g/mol. The minimum Gasteiger partial charge on any atom is -0.457 e. The van der Waals surface area contributed by atoms with Gasteiger partial charge < -0.3 is 4.74 Å². The topological polar surface area (TPSA) is 72.3 Å². The molecule has 0 aliphatic carbocycles. The van der Waals surface area contributed by atoms with Crippen LogP contribution in [0, 0.1) is 13.8 Å². The molecule has 0 radical (unpaired) electrons. The van der Waals surface area contributed by atoms with Crippen molar-refractivity contribution in [3.8, 4) is 11.5 Å². The summed E-state index contributed by atoms with van der Waals surface area (Å²) >= 11 is 0. The number of hydrazone groups is 1. The molecule has 3 rings (SSSR count). The van der Waals surface area contributed by atoms with E-state index >= 15 is 0 Å². The summed E-state index contributed by atoms with van der Waals surface area (Å²) in [6.07, 6.45) is 1.69. The van der Waals surface area contributed by atoms with Gasteiger partial charge in [0, 0.05) is 0 Å². The lowest BCUT2D eigenvalue weighted by Crippen LogP contribution is -2.02. The summed E-state index contributed by atoms with van der Waals surface area (Å²) in [6.45, 7) is 3.63. The van der Waals surface area contributed by atoms with Crippen molar-refractivity contribution in [1.82, 2.24) is 15.0 Å². The predicted molar refractivity (Wildman–Crippen MR) is 93.5 cm³/mol. The molecule has 0 fully saturated rings. The first-order chi connectivity index (χ1) is 11.7. The number of aromatic nitrogens is 3. The van der Waals surface area contributed by atoms with Gasteiger partial charge >= 0.3 is 0 Å². The number of aryl methyl sites for hydroxylation is 2. The Morgan fingerprint density at radius 3 is 2.33 bits per heavy atom. The standard InChI is InChI=1S/C18H17N5O/c1-13-20-14(2)22-18(21-13)23-19-12-15-7-6-10-17(11-15)24-16-8-4-3-5-9-16/h3-12H,1-2H3,(H,20,21,22,23)/b19-12+. The van der Waals surface area contributed by atoms with E-state index in [1.165, 1.54) is 0 Å². The highest BCUT2D eigenvalue weighted by atomic mass is 16.5. The molecule has 0 aliphatic rings. The smallest absolute Gasteiger partial charge is 0.247 e. The van der Waals surface area contributed by atoms with Crippen molar-refractivity contribution in [2.45, 2.75) is 13.8 Å². The van der Waals surface area contributed by atoms with E-state index in [1.807, 2.05) is 68.4 Å². The number of rotatable bonds is 5. The average molecular weight is 319 g/mol. The van der Waals surface area contributed by atoms with Gasteiger partial charge in [0.2, 0.25) is 5.95 Å². The minimum atomic E-state index is 0.424. The van der Waals surface area contributed by atoms with Crippen LogP contribution in [0.1, 0.15) is 17.2 Å². The third-order valence-corrected chi connectivity index (χ3v) is 3.07. The highest BCUT2D eigenvalue weighted by molar-refractivity contribution is 5.80. The van der Waals surface area contributed by atoms with Gasteiger partial charge in [-0.25, -0.2) is 10.4 Å². The Morgan fingerprint density at radius 2 is 1.58 bits per heavy atom. The summed E-state index contributed by atoms with van der Waals surface area (Å²) in [4.78, 5) is 12.5. The minimum absolute atomic E-state index is 0.424. The Labute approximate surface area is 140 Å². The summed E-state index contributed by atoms with van der Waals surface area (Å²) in [5, 5.41) is 4.16. The van der Waals surface area contributed by atoms with E-state index in [9.17, 15) is 0 Å². The summed E-state index contributed by atoms with van der Waals surface area (Å²) in [5.41, 5.74) is 3.71. The van der Waals surface area contributed by atoms with Gasteiger partial charge in [-0.2, -0.15) is 15.1 Å². The fourth-order valence-electron chi connectivity index (χ4n) is 2.11. The zero-order chi connectivity index (χ0) is 16.8. The predicted octanol–water partition coefficient (Wildman–Crippen LogP) is 3.73. The van der Waals surface area contributed by atoms with Gasteiger partial charge in [0.05, 0.1) is 6.21 Å². The molecule has 0 unspecified atom stereocenters. The molecule has 24 heavy (non-hydrogen) atoms. The SMILES string of the molecule is Cc1nc(C)nc(N/N=C/c2cccc(Oc3ccccc3)c2)n1. The van der Waals surface area contributed by atoms with Crippen LogP contribution in [-0.4, -0.2) is 21.2 Å². The first-order valence-electron chi connectivity index (χ1n) is 7.50. The average Bonchev–Trinajstić information content (AvgIpc) is 2.55. The van der Waals surface area contributed by atoms with E-state index in [0.717, 1.165) is 17.1 Å². The third kappa shape index (κ3) is 4.36. The molecule has 6 nitrogen and oxygen atoms in total. The number of hydrogen-bond acceptors (Lipinski definition) is 6. The normalized spacial score (nSPS) is 10.8. The number of ether oxygens (including phenoxy) is 1. The highest BCUT2D eigenvalue weighted by Crippen LogP contribution is 2.21. The molecular formula is C18H17N5O. The van der Waals surface area contributed by atoms with Crippen molar-refractivity contribution in [2.75, 3.05) is 5.43 Å². The molecule has 3 aromatic rings. The van der Waals surface area contributed by atoms with Crippen LogP contribution in [-0.2, 0) is 0 Å². The molecule has 0 saturated heterocycles. The van der Waals surface area contributed by atoms with Crippen molar-refractivity contribution in [2.24, 2.45) is 5.10 Å². The molecule has 0 amide bonds. The van der Waals surface area contributed by atoms with Gasteiger partial charge in [0.1, 0.15) is 23.1 Å². The van der Waals surface area contributed by atoms with Gasteiger partial charge in [-0.05, 0) is 43.7 Å². The van der Waals surface area contributed by atoms with Crippen LogP contribution in [0.25, 0.3) is 0 Å². The van der Waals surface area contributed by atoms with Crippen LogP contribution < -0.4 is 10.2 Å². The second-order valence-electron chi connectivity index (χ2n) is 5.11. The molecule has 6 heteroatoms. The largest absolute Gasteiger partial charge is 0.457 e. The first kappa shape index (κ1) is 15.6. The van der Waals surface area contributed by atoms with Crippen molar-refractivity contribution in [1.29, 1.82) is 0 Å². The second-order valence-corrected chi connectivity index (χ2v) is 5.11. The number of benzene rings is 2. The number of hydrogen-bond donors (Lipinski definition) is 1. The lowest BCUT2D eigenvalue weighted by molar-refractivity contribution is 0.482. The third-order valence-electron chi connectivity index (χ3n) is 3.07. The fraction of sp³-hybridized carbons (Fsp3) is 0.111. The van der Waals surface area contributed by atoms with E-state index in [1.54, 1.807) is 6.21 Å². The van der Waals surface area contributed by atoms with Gasteiger partial charge in [0.25, 0.3) is 0 Å². The summed E-state index contributed by atoms with van der Waals surface area (Å²) in [7, 11) is 0. The molecule has 1 N–H and O–H groups in total. The number of nitrogens with one attached hydrogen (secondary N) is 1. The van der Waals surface area contributed by atoms with E-state index < -0.39 is 0 Å². The van der Waals surface area contributed by atoms with Gasteiger partial charge in [0.15, 0.2) is 0 Å². The molecule has 120 valence electrons. The summed E-state index contributed by atoms with van der Waals surface area (Å²) in [6, 6.07) is 17.3. The quantitative estimate of drug-likeness (QED) is 0.573. The summed E-state index contributed by atoms with van der Waals surface area (Å²) < 4.78 is 5.80. The maximum Gasteiger partial charge on any atom is 0.247 e.